The topological polar surface area (TPSA) is 83.5 Å². The minimum atomic E-state index is 0. The number of nitrogens with zero attached hydrogens (tertiary/aromatic N) is 5. The first-order valence-electron chi connectivity index (χ1n) is 9.82. The zero-order valence-electron chi connectivity index (χ0n) is 17.0. The second kappa shape index (κ2) is 11.4. The minimum Gasteiger partial charge on any atom is -0.465 e. The summed E-state index contributed by atoms with van der Waals surface area (Å²) in [6, 6.07) is 4.36. The second-order valence-corrected chi connectivity index (χ2v) is 6.88. The van der Waals surface area contributed by atoms with E-state index in [2.05, 4.69) is 48.3 Å². The molecule has 28 heavy (non-hydrogen) atoms. The predicted octanol–water partition coefficient (Wildman–Crippen LogP) is 2.36. The van der Waals surface area contributed by atoms with Crippen LogP contribution in [0.2, 0.25) is 0 Å². The molecule has 0 spiro atoms. The van der Waals surface area contributed by atoms with Crippen LogP contribution in [0.15, 0.2) is 27.9 Å². The number of guanidine groups is 1. The zero-order chi connectivity index (χ0) is 19.1. The number of furan rings is 1. The normalized spacial score (nSPS) is 16.0. The van der Waals surface area contributed by atoms with Gasteiger partial charge >= 0.3 is 0 Å². The first-order valence-corrected chi connectivity index (χ1v) is 9.82. The van der Waals surface area contributed by atoms with Crippen LogP contribution in [-0.2, 0) is 13.0 Å². The van der Waals surface area contributed by atoms with Gasteiger partial charge in [-0.2, -0.15) is 0 Å². The standard InChI is InChI=1S/C19H31N7O.HI/c1-4-18-24-23-14-26(18)12-9-21-19(20-3)22-13-16(25-10-5-6-11-25)17-8-7-15(2)27-17;/h7-8,14,16H,4-6,9-13H2,1-3H3,(H2,20,21,22);1H. The van der Waals surface area contributed by atoms with Gasteiger partial charge in [-0.3, -0.25) is 9.89 Å². The number of aryl methyl sites for hydroxylation is 2. The van der Waals surface area contributed by atoms with Crippen molar-refractivity contribution in [2.75, 3.05) is 33.2 Å². The van der Waals surface area contributed by atoms with Crippen molar-refractivity contribution < 1.29 is 4.42 Å². The zero-order valence-corrected chi connectivity index (χ0v) is 19.3. The van der Waals surface area contributed by atoms with E-state index in [-0.39, 0.29) is 30.0 Å². The molecule has 8 nitrogen and oxygen atoms in total. The highest BCUT2D eigenvalue weighted by Gasteiger charge is 2.26. The average molecular weight is 501 g/mol. The highest BCUT2D eigenvalue weighted by atomic mass is 127. The van der Waals surface area contributed by atoms with E-state index in [1.54, 1.807) is 13.4 Å². The minimum absolute atomic E-state index is 0. The average Bonchev–Trinajstić information content (AvgIpc) is 3.42. The van der Waals surface area contributed by atoms with Gasteiger partial charge in [0, 0.05) is 33.1 Å². The number of aliphatic imine (C=N–C) groups is 1. The Balaban J connectivity index is 0.00000280. The number of hydrogen-bond acceptors (Lipinski definition) is 5. The number of likely N-dealkylation sites (tertiary alicyclic amines) is 1. The van der Waals surface area contributed by atoms with Crippen LogP contribution in [0.5, 0.6) is 0 Å². The maximum atomic E-state index is 5.92. The van der Waals surface area contributed by atoms with E-state index in [0.29, 0.717) is 0 Å². The predicted molar refractivity (Wildman–Crippen MR) is 121 cm³/mol. The van der Waals surface area contributed by atoms with Crippen LogP contribution < -0.4 is 10.6 Å². The molecule has 2 aromatic heterocycles. The molecule has 0 aliphatic carbocycles. The van der Waals surface area contributed by atoms with Gasteiger partial charge in [0.15, 0.2) is 5.96 Å². The van der Waals surface area contributed by atoms with Gasteiger partial charge in [-0.05, 0) is 45.0 Å². The summed E-state index contributed by atoms with van der Waals surface area (Å²) in [7, 11) is 1.80. The molecule has 1 fully saturated rings. The molecule has 1 unspecified atom stereocenters. The molecule has 0 bridgehead atoms. The van der Waals surface area contributed by atoms with Gasteiger partial charge in [-0.1, -0.05) is 6.92 Å². The van der Waals surface area contributed by atoms with Crippen LogP contribution in [0.3, 0.4) is 0 Å². The van der Waals surface area contributed by atoms with Gasteiger partial charge in [0.25, 0.3) is 0 Å². The summed E-state index contributed by atoms with van der Waals surface area (Å²) in [6.07, 6.45) is 5.16. The third kappa shape index (κ3) is 5.94. The van der Waals surface area contributed by atoms with Crippen molar-refractivity contribution in [1.82, 2.24) is 30.3 Å². The van der Waals surface area contributed by atoms with Crippen molar-refractivity contribution in [3.63, 3.8) is 0 Å². The van der Waals surface area contributed by atoms with E-state index >= 15 is 0 Å². The van der Waals surface area contributed by atoms with Crippen LogP contribution >= 0.6 is 24.0 Å². The van der Waals surface area contributed by atoms with Crippen LogP contribution in [0.4, 0.5) is 0 Å². The summed E-state index contributed by atoms with van der Waals surface area (Å²) < 4.78 is 7.99. The van der Waals surface area contributed by atoms with Crippen LogP contribution in [0, 0.1) is 6.92 Å². The van der Waals surface area contributed by atoms with Crippen molar-refractivity contribution in [2.24, 2.45) is 4.99 Å². The molecule has 1 aliphatic rings. The molecule has 3 heterocycles. The Labute approximate surface area is 184 Å². The molecule has 0 amide bonds. The maximum Gasteiger partial charge on any atom is 0.191 e. The van der Waals surface area contributed by atoms with E-state index < -0.39 is 0 Å². The molecular formula is C19H32IN7O. The lowest BCUT2D eigenvalue weighted by Crippen LogP contribution is -2.43. The third-order valence-corrected chi connectivity index (χ3v) is 5.01. The highest BCUT2D eigenvalue weighted by Crippen LogP contribution is 2.26. The highest BCUT2D eigenvalue weighted by molar-refractivity contribution is 14.0. The lowest BCUT2D eigenvalue weighted by Gasteiger charge is -2.26. The Bertz CT molecular complexity index is 736. The first kappa shape index (κ1) is 22.7. The number of halogens is 1. The fraction of sp³-hybridized carbons (Fsp3) is 0.632. The molecule has 9 heteroatoms. The largest absolute Gasteiger partial charge is 0.465 e. The molecule has 2 aromatic rings. The Hall–Kier alpha value is -1.62. The van der Waals surface area contributed by atoms with E-state index in [9.17, 15) is 0 Å². The number of nitrogens with one attached hydrogen (secondary N) is 2. The Morgan fingerprint density at radius 3 is 2.71 bits per heavy atom. The molecule has 1 saturated heterocycles. The fourth-order valence-electron chi connectivity index (χ4n) is 3.54. The van der Waals surface area contributed by atoms with E-state index in [1.165, 1.54) is 12.8 Å². The molecule has 0 saturated carbocycles. The fourth-order valence-corrected chi connectivity index (χ4v) is 3.54. The van der Waals surface area contributed by atoms with Gasteiger partial charge in [-0.25, -0.2) is 0 Å². The monoisotopic (exact) mass is 501 g/mol. The summed E-state index contributed by atoms with van der Waals surface area (Å²) in [5, 5.41) is 14.9. The van der Waals surface area contributed by atoms with Crippen molar-refractivity contribution >= 4 is 29.9 Å². The Morgan fingerprint density at radius 2 is 2.07 bits per heavy atom. The quantitative estimate of drug-likeness (QED) is 0.329. The van der Waals surface area contributed by atoms with Gasteiger partial charge in [0.2, 0.25) is 0 Å². The smallest absolute Gasteiger partial charge is 0.191 e. The lowest BCUT2D eigenvalue weighted by molar-refractivity contribution is 0.213. The van der Waals surface area contributed by atoms with Crippen LogP contribution in [-0.4, -0.2) is 58.9 Å². The Kier molecular flexibility index (Phi) is 9.23. The van der Waals surface area contributed by atoms with Gasteiger partial charge in [0.05, 0.1) is 6.04 Å². The first-order chi connectivity index (χ1) is 13.2. The summed E-state index contributed by atoms with van der Waals surface area (Å²) in [5.41, 5.74) is 0. The SMILES string of the molecule is CCc1nncn1CCNC(=NC)NCC(c1ccc(C)o1)N1CCCC1.I. The number of rotatable bonds is 8. The van der Waals surface area contributed by atoms with Crippen LogP contribution in [0.25, 0.3) is 0 Å². The molecule has 0 aromatic carbocycles. The number of aromatic nitrogens is 3. The molecule has 2 N–H and O–H groups in total. The molecule has 156 valence electrons. The molecule has 0 radical (unpaired) electrons. The Morgan fingerprint density at radius 1 is 1.29 bits per heavy atom. The summed E-state index contributed by atoms with van der Waals surface area (Å²) in [6.45, 7) is 8.65. The summed E-state index contributed by atoms with van der Waals surface area (Å²) in [4.78, 5) is 6.84. The molecular weight excluding hydrogens is 469 g/mol. The molecule has 3 rings (SSSR count). The van der Waals surface area contributed by atoms with Gasteiger partial charge in [0.1, 0.15) is 23.7 Å². The molecule has 1 atom stereocenters. The van der Waals surface area contributed by atoms with Crippen molar-refractivity contribution in [2.45, 2.75) is 45.7 Å². The van der Waals surface area contributed by atoms with Gasteiger partial charge in [-0.15, -0.1) is 34.2 Å². The summed E-state index contributed by atoms with van der Waals surface area (Å²) in [5.74, 6) is 3.78. The van der Waals surface area contributed by atoms with E-state index in [1.807, 2.05) is 13.0 Å². The van der Waals surface area contributed by atoms with E-state index in [0.717, 1.165) is 62.4 Å². The van der Waals surface area contributed by atoms with Crippen LogP contribution in [0.1, 0.15) is 43.2 Å². The lowest BCUT2D eigenvalue weighted by atomic mass is 10.2. The summed E-state index contributed by atoms with van der Waals surface area (Å²) >= 11 is 0. The van der Waals surface area contributed by atoms with Crippen molar-refractivity contribution in [3.8, 4) is 0 Å². The maximum absolute atomic E-state index is 5.92. The molecule has 1 aliphatic heterocycles. The van der Waals surface area contributed by atoms with Crippen molar-refractivity contribution in [1.29, 1.82) is 0 Å². The van der Waals surface area contributed by atoms with Gasteiger partial charge < -0.3 is 19.6 Å². The van der Waals surface area contributed by atoms with E-state index in [4.69, 9.17) is 4.42 Å². The van der Waals surface area contributed by atoms with Crippen molar-refractivity contribution in [3.05, 3.63) is 35.8 Å². The number of hydrogen-bond donors (Lipinski definition) is 2. The second-order valence-electron chi connectivity index (χ2n) is 6.88. The third-order valence-electron chi connectivity index (χ3n) is 5.01.